The molecule has 1 aliphatic heterocycles. The van der Waals surface area contributed by atoms with Crippen molar-refractivity contribution >= 4 is 0 Å². The molecule has 0 bridgehead atoms. The van der Waals surface area contributed by atoms with Crippen LogP contribution < -0.4 is 10.1 Å². The summed E-state index contributed by atoms with van der Waals surface area (Å²) in [6.45, 7) is 3.74. The van der Waals surface area contributed by atoms with Crippen LogP contribution in [0.5, 0.6) is 5.75 Å². The molecule has 1 aliphatic rings. The van der Waals surface area contributed by atoms with E-state index in [0.717, 1.165) is 37.3 Å². The summed E-state index contributed by atoms with van der Waals surface area (Å²) in [7, 11) is 1.63. The van der Waals surface area contributed by atoms with Crippen molar-refractivity contribution in [2.24, 2.45) is 0 Å². The van der Waals surface area contributed by atoms with Crippen molar-refractivity contribution < 1.29 is 9.47 Å². The number of hydrogen-bond donors (Lipinski definition) is 1. The van der Waals surface area contributed by atoms with Crippen molar-refractivity contribution in [3.8, 4) is 11.8 Å². The Morgan fingerprint density at radius 1 is 1.58 bits per heavy atom. The molecule has 2 rings (SSSR count). The number of rotatable bonds is 5. The highest BCUT2D eigenvalue weighted by atomic mass is 16.5. The Balaban J connectivity index is 1.97. The molecular weight excluding hydrogens is 240 g/mol. The maximum absolute atomic E-state index is 8.87. The molecule has 1 aromatic rings. The average molecular weight is 260 g/mol. The number of methoxy groups -OCH3 is 1. The van der Waals surface area contributed by atoms with Gasteiger partial charge in [-0.2, -0.15) is 5.26 Å². The van der Waals surface area contributed by atoms with Gasteiger partial charge in [0.2, 0.25) is 0 Å². The number of nitrogens with zero attached hydrogens (tertiary/aromatic N) is 1. The second kappa shape index (κ2) is 6.55. The van der Waals surface area contributed by atoms with Gasteiger partial charge in [-0.25, -0.2) is 0 Å². The molecule has 1 saturated heterocycles. The molecule has 0 unspecified atom stereocenters. The van der Waals surface area contributed by atoms with Crippen molar-refractivity contribution in [3.05, 3.63) is 29.3 Å². The molecule has 102 valence electrons. The lowest BCUT2D eigenvalue weighted by Crippen LogP contribution is -2.36. The number of nitriles is 1. The van der Waals surface area contributed by atoms with E-state index in [2.05, 4.69) is 18.3 Å². The van der Waals surface area contributed by atoms with Crippen molar-refractivity contribution in [3.63, 3.8) is 0 Å². The molecule has 0 aromatic heterocycles. The molecule has 19 heavy (non-hydrogen) atoms. The van der Waals surface area contributed by atoms with Gasteiger partial charge in [-0.15, -0.1) is 0 Å². The molecule has 4 heteroatoms. The van der Waals surface area contributed by atoms with Gasteiger partial charge in [-0.3, -0.25) is 0 Å². The van der Waals surface area contributed by atoms with Crippen LogP contribution in [0, 0.1) is 11.3 Å². The van der Waals surface area contributed by atoms with Crippen LogP contribution in [0.25, 0.3) is 0 Å². The van der Waals surface area contributed by atoms with E-state index in [9.17, 15) is 0 Å². The van der Waals surface area contributed by atoms with E-state index >= 15 is 0 Å². The molecule has 2 atom stereocenters. The first-order valence-electron chi connectivity index (χ1n) is 6.66. The second-order valence-electron chi connectivity index (χ2n) is 4.86. The van der Waals surface area contributed by atoms with Crippen LogP contribution in [0.2, 0.25) is 0 Å². The Kier molecular flexibility index (Phi) is 4.78. The Labute approximate surface area is 114 Å². The van der Waals surface area contributed by atoms with E-state index in [1.54, 1.807) is 13.2 Å². The first-order chi connectivity index (χ1) is 9.24. The molecule has 0 amide bonds. The van der Waals surface area contributed by atoms with Crippen LogP contribution in [0.3, 0.4) is 0 Å². The number of hydrogen-bond acceptors (Lipinski definition) is 4. The maximum atomic E-state index is 8.87. The van der Waals surface area contributed by atoms with Gasteiger partial charge in [0.05, 0.1) is 24.8 Å². The van der Waals surface area contributed by atoms with Crippen LogP contribution in [0.15, 0.2) is 18.2 Å². The fourth-order valence-electron chi connectivity index (χ4n) is 2.36. The van der Waals surface area contributed by atoms with Gasteiger partial charge in [-0.1, -0.05) is 6.07 Å². The van der Waals surface area contributed by atoms with Gasteiger partial charge in [0.15, 0.2) is 0 Å². The van der Waals surface area contributed by atoms with Crippen LogP contribution >= 0.6 is 0 Å². The molecular formula is C15H20N2O2. The summed E-state index contributed by atoms with van der Waals surface area (Å²) in [5, 5.41) is 12.3. The molecule has 4 nitrogen and oxygen atoms in total. The zero-order valence-corrected chi connectivity index (χ0v) is 11.5. The smallest absolute Gasteiger partial charge is 0.124 e. The van der Waals surface area contributed by atoms with E-state index < -0.39 is 0 Å². The minimum absolute atomic E-state index is 0.310. The number of ether oxygens (including phenoxy) is 2. The Morgan fingerprint density at radius 3 is 3.05 bits per heavy atom. The lowest BCUT2D eigenvalue weighted by atomic mass is 10.1. The summed E-state index contributed by atoms with van der Waals surface area (Å²) >= 11 is 0. The Bertz CT molecular complexity index is 462. The standard InChI is InChI=1S/C15H20N2O2/c1-11(14-4-3-7-19-14)17-10-13-6-5-12(9-16)8-15(13)18-2/h5-6,8,11,14,17H,3-4,7,10H2,1-2H3/t11-,14+/m0/s1. The van der Waals surface area contributed by atoms with E-state index in [0.29, 0.717) is 17.7 Å². The highest BCUT2D eigenvalue weighted by Gasteiger charge is 2.22. The molecule has 0 radical (unpaired) electrons. The minimum atomic E-state index is 0.310. The topological polar surface area (TPSA) is 54.3 Å². The third-order valence-electron chi connectivity index (χ3n) is 3.55. The molecule has 1 N–H and O–H groups in total. The zero-order valence-electron chi connectivity index (χ0n) is 11.5. The van der Waals surface area contributed by atoms with E-state index in [1.807, 2.05) is 12.1 Å². The van der Waals surface area contributed by atoms with Crippen LogP contribution in [0.1, 0.15) is 30.9 Å². The van der Waals surface area contributed by atoms with Crippen molar-refractivity contribution in [1.29, 1.82) is 5.26 Å². The SMILES string of the molecule is COc1cc(C#N)ccc1CN[C@@H](C)[C@H]1CCCO1. The maximum Gasteiger partial charge on any atom is 0.124 e. The number of nitrogens with one attached hydrogen (secondary N) is 1. The van der Waals surface area contributed by atoms with Gasteiger partial charge < -0.3 is 14.8 Å². The largest absolute Gasteiger partial charge is 0.496 e. The minimum Gasteiger partial charge on any atom is -0.496 e. The Hall–Kier alpha value is -1.57. The normalized spacial score (nSPS) is 19.9. The average Bonchev–Trinajstić information content (AvgIpc) is 2.98. The highest BCUT2D eigenvalue weighted by Crippen LogP contribution is 2.21. The van der Waals surface area contributed by atoms with E-state index in [-0.39, 0.29) is 0 Å². The van der Waals surface area contributed by atoms with E-state index in [4.69, 9.17) is 14.7 Å². The van der Waals surface area contributed by atoms with Crippen molar-refractivity contribution in [2.75, 3.05) is 13.7 Å². The second-order valence-corrected chi connectivity index (χ2v) is 4.86. The summed E-state index contributed by atoms with van der Waals surface area (Å²) < 4.78 is 11.0. The Morgan fingerprint density at radius 2 is 2.42 bits per heavy atom. The fraction of sp³-hybridized carbons (Fsp3) is 0.533. The van der Waals surface area contributed by atoms with Gasteiger partial charge in [0, 0.05) is 24.8 Å². The summed E-state index contributed by atoms with van der Waals surface area (Å²) in [5.41, 5.74) is 1.68. The third-order valence-corrected chi connectivity index (χ3v) is 3.55. The zero-order chi connectivity index (χ0) is 13.7. The molecule has 0 aliphatic carbocycles. The van der Waals surface area contributed by atoms with Crippen LogP contribution in [-0.4, -0.2) is 25.9 Å². The molecule has 1 fully saturated rings. The van der Waals surface area contributed by atoms with Gasteiger partial charge in [0.1, 0.15) is 5.75 Å². The van der Waals surface area contributed by atoms with Gasteiger partial charge in [-0.05, 0) is 31.9 Å². The van der Waals surface area contributed by atoms with Crippen LogP contribution in [-0.2, 0) is 11.3 Å². The summed E-state index contributed by atoms with van der Waals surface area (Å²) in [6, 6.07) is 7.96. The summed E-state index contributed by atoms with van der Waals surface area (Å²) in [4.78, 5) is 0. The van der Waals surface area contributed by atoms with Gasteiger partial charge in [0.25, 0.3) is 0 Å². The molecule has 0 spiro atoms. The lowest BCUT2D eigenvalue weighted by molar-refractivity contribution is 0.0831. The fourth-order valence-corrected chi connectivity index (χ4v) is 2.36. The molecule has 1 heterocycles. The third kappa shape index (κ3) is 3.46. The first kappa shape index (κ1) is 13.9. The summed E-state index contributed by atoms with van der Waals surface area (Å²) in [6.07, 6.45) is 2.58. The number of benzene rings is 1. The van der Waals surface area contributed by atoms with Gasteiger partial charge >= 0.3 is 0 Å². The monoisotopic (exact) mass is 260 g/mol. The van der Waals surface area contributed by atoms with Crippen molar-refractivity contribution in [1.82, 2.24) is 5.32 Å². The molecule has 0 saturated carbocycles. The quantitative estimate of drug-likeness (QED) is 0.882. The lowest BCUT2D eigenvalue weighted by Gasteiger charge is -2.20. The van der Waals surface area contributed by atoms with Crippen molar-refractivity contribution in [2.45, 2.75) is 38.5 Å². The first-order valence-corrected chi connectivity index (χ1v) is 6.66. The molecule has 1 aromatic carbocycles. The van der Waals surface area contributed by atoms with Crippen LogP contribution in [0.4, 0.5) is 0 Å². The predicted molar refractivity (Wildman–Crippen MR) is 73.0 cm³/mol. The highest BCUT2D eigenvalue weighted by molar-refractivity contribution is 5.42. The summed E-state index contributed by atoms with van der Waals surface area (Å²) in [5.74, 6) is 0.756. The van der Waals surface area contributed by atoms with E-state index in [1.165, 1.54) is 0 Å². The predicted octanol–water partition coefficient (Wildman–Crippen LogP) is 2.22.